The highest BCUT2D eigenvalue weighted by Gasteiger charge is 2.27. The fourth-order valence-corrected chi connectivity index (χ4v) is 5.21. The molecule has 0 spiro atoms. The molecule has 0 radical (unpaired) electrons. The lowest BCUT2D eigenvalue weighted by molar-refractivity contribution is -0.161. The van der Waals surface area contributed by atoms with Crippen LogP contribution in [-0.4, -0.2) is 65.7 Å². The number of phosphoric ester groups is 1. The van der Waals surface area contributed by atoms with E-state index in [0.29, 0.717) is 19.3 Å². The van der Waals surface area contributed by atoms with E-state index in [4.69, 9.17) is 19.1 Å². The van der Waals surface area contributed by atoms with Crippen LogP contribution >= 0.6 is 7.82 Å². The summed E-state index contributed by atoms with van der Waals surface area (Å²) in [5.74, 6) is -1.01. The zero-order chi connectivity index (χ0) is 37.7. The smallest absolute Gasteiger partial charge is 0.462 e. The molecule has 0 heterocycles. The number of hydrogen-bond acceptors (Lipinski definition) is 9. The molecular formula is C40H67O10P. The van der Waals surface area contributed by atoms with Crippen LogP contribution in [0.2, 0.25) is 0 Å². The van der Waals surface area contributed by atoms with Crippen molar-refractivity contribution < 1.29 is 47.8 Å². The molecule has 0 aromatic carbocycles. The topological polar surface area (TPSA) is 149 Å². The van der Waals surface area contributed by atoms with Crippen molar-refractivity contribution in [2.24, 2.45) is 0 Å². The Kier molecular flexibility index (Phi) is 34.0. The van der Waals surface area contributed by atoms with Gasteiger partial charge in [-0.1, -0.05) is 119 Å². The third-order valence-electron chi connectivity index (χ3n) is 7.34. The number of phosphoric acid groups is 1. The van der Waals surface area contributed by atoms with Gasteiger partial charge >= 0.3 is 19.8 Å². The molecule has 3 N–H and O–H groups in total. The van der Waals surface area contributed by atoms with Crippen molar-refractivity contribution >= 4 is 19.8 Å². The Morgan fingerprint density at radius 2 is 1.10 bits per heavy atom. The number of esters is 2. The quantitative estimate of drug-likeness (QED) is 0.0252. The minimum absolute atomic E-state index is 0.157. The van der Waals surface area contributed by atoms with Crippen LogP contribution in [0.1, 0.15) is 129 Å². The zero-order valence-corrected chi connectivity index (χ0v) is 32.2. The molecule has 10 nitrogen and oxygen atoms in total. The SMILES string of the molecule is CC/C=C/C/C=C/C/C=C/C/C=C/C/C=C/CCCC(=O)OC[C@@H](COP(=O)(O)OC[C@H](O)CO)OC(=O)CCCCCCC/C=C/CCCC. The van der Waals surface area contributed by atoms with E-state index >= 15 is 0 Å². The number of unbranched alkanes of at least 4 members (excludes halogenated alkanes) is 8. The predicted octanol–water partition coefficient (Wildman–Crippen LogP) is 9.33. The van der Waals surface area contributed by atoms with E-state index < -0.39 is 51.8 Å². The van der Waals surface area contributed by atoms with Crippen LogP contribution in [0.3, 0.4) is 0 Å². The number of rotatable bonds is 34. The number of aliphatic hydroxyl groups excluding tert-OH is 2. The third kappa shape index (κ3) is 35.6. The van der Waals surface area contributed by atoms with Gasteiger partial charge in [-0.3, -0.25) is 18.6 Å². The molecule has 0 aliphatic carbocycles. The Morgan fingerprint density at radius 1 is 0.608 bits per heavy atom. The van der Waals surface area contributed by atoms with Gasteiger partial charge in [0, 0.05) is 12.8 Å². The van der Waals surface area contributed by atoms with Gasteiger partial charge in [-0.2, -0.15) is 0 Å². The molecule has 0 bridgehead atoms. The van der Waals surface area contributed by atoms with E-state index in [0.717, 1.165) is 70.6 Å². The number of hydrogen-bond donors (Lipinski definition) is 3. The van der Waals surface area contributed by atoms with Crippen LogP contribution in [0.5, 0.6) is 0 Å². The summed E-state index contributed by atoms with van der Waals surface area (Å²) in [5, 5.41) is 18.3. The second-order valence-corrected chi connectivity index (χ2v) is 13.7. The normalized spacial score (nSPS) is 14.8. The molecule has 0 amide bonds. The van der Waals surface area contributed by atoms with E-state index in [1.807, 2.05) is 12.2 Å². The maximum atomic E-state index is 12.5. The summed E-state index contributed by atoms with van der Waals surface area (Å²) < 4.78 is 32.5. The van der Waals surface area contributed by atoms with Crippen molar-refractivity contribution in [1.29, 1.82) is 0 Å². The van der Waals surface area contributed by atoms with Crippen LogP contribution in [0.4, 0.5) is 0 Å². The van der Waals surface area contributed by atoms with Gasteiger partial charge < -0.3 is 24.6 Å². The van der Waals surface area contributed by atoms with E-state index in [1.165, 1.54) is 12.8 Å². The molecule has 11 heteroatoms. The maximum Gasteiger partial charge on any atom is 0.472 e. The Morgan fingerprint density at radius 3 is 1.71 bits per heavy atom. The van der Waals surface area contributed by atoms with Crippen molar-refractivity contribution in [1.82, 2.24) is 0 Å². The lowest BCUT2D eigenvalue weighted by Gasteiger charge is -2.20. The molecule has 0 rings (SSSR count). The Hall–Kier alpha value is -2.59. The summed E-state index contributed by atoms with van der Waals surface area (Å²) in [5.41, 5.74) is 0. The minimum Gasteiger partial charge on any atom is -0.462 e. The van der Waals surface area contributed by atoms with E-state index in [-0.39, 0.29) is 19.4 Å². The molecule has 3 atom stereocenters. The van der Waals surface area contributed by atoms with Crippen molar-refractivity contribution in [3.05, 3.63) is 72.9 Å². The van der Waals surface area contributed by atoms with Gasteiger partial charge in [0.05, 0.1) is 19.8 Å². The van der Waals surface area contributed by atoms with Gasteiger partial charge in [0.25, 0.3) is 0 Å². The molecule has 0 saturated carbocycles. The number of aliphatic hydroxyl groups is 2. The second-order valence-electron chi connectivity index (χ2n) is 12.2. The summed E-state index contributed by atoms with van der Waals surface area (Å²) in [6.45, 7) is 2.11. The van der Waals surface area contributed by atoms with Crippen LogP contribution in [-0.2, 0) is 32.7 Å². The summed E-state index contributed by atoms with van der Waals surface area (Å²) in [7, 11) is -4.63. The number of carbonyl (C=O) groups is 2. The number of allylic oxidation sites excluding steroid dienone is 12. The number of carbonyl (C=O) groups excluding carboxylic acids is 2. The molecule has 0 saturated heterocycles. The van der Waals surface area contributed by atoms with Gasteiger partial charge in [0.1, 0.15) is 12.7 Å². The van der Waals surface area contributed by atoms with Crippen LogP contribution < -0.4 is 0 Å². The second kappa shape index (κ2) is 35.8. The number of ether oxygens (including phenoxy) is 2. The summed E-state index contributed by atoms with van der Waals surface area (Å²) in [6, 6.07) is 0. The van der Waals surface area contributed by atoms with Gasteiger partial charge in [0.2, 0.25) is 0 Å². The molecule has 0 aliphatic heterocycles. The van der Waals surface area contributed by atoms with Crippen molar-refractivity contribution in [2.45, 2.75) is 142 Å². The van der Waals surface area contributed by atoms with Crippen LogP contribution in [0.25, 0.3) is 0 Å². The average molecular weight is 739 g/mol. The first-order valence-electron chi connectivity index (χ1n) is 18.9. The van der Waals surface area contributed by atoms with Gasteiger partial charge in [-0.05, 0) is 70.6 Å². The summed E-state index contributed by atoms with van der Waals surface area (Å²) >= 11 is 0. The van der Waals surface area contributed by atoms with Gasteiger partial charge in [-0.25, -0.2) is 4.57 Å². The molecule has 1 unspecified atom stereocenters. The molecule has 0 aliphatic rings. The highest BCUT2D eigenvalue weighted by atomic mass is 31.2. The lowest BCUT2D eigenvalue weighted by Crippen LogP contribution is -2.29. The van der Waals surface area contributed by atoms with Crippen molar-refractivity contribution in [3.63, 3.8) is 0 Å². The van der Waals surface area contributed by atoms with Gasteiger partial charge in [0.15, 0.2) is 6.10 Å². The Labute approximate surface area is 308 Å². The lowest BCUT2D eigenvalue weighted by atomic mass is 10.1. The Balaban J connectivity index is 4.48. The van der Waals surface area contributed by atoms with Crippen molar-refractivity contribution in [3.8, 4) is 0 Å². The van der Waals surface area contributed by atoms with E-state index in [2.05, 4.69) is 79.1 Å². The first-order valence-corrected chi connectivity index (χ1v) is 20.4. The third-order valence-corrected chi connectivity index (χ3v) is 8.30. The monoisotopic (exact) mass is 738 g/mol. The van der Waals surface area contributed by atoms with E-state index in [9.17, 15) is 24.2 Å². The summed E-state index contributed by atoms with van der Waals surface area (Å²) in [6.07, 6.45) is 38.8. The molecule has 0 fully saturated rings. The molecular weight excluding hydrogens is 671 g/mol. The molecule has 292 valence electrons. The summed E-state index contributed by atoms with van der Waals surface area (Å²) in [4.78, 5) is 34.8. The van der Waals surface area contributed by atoms with Crippen LogP contribution in [0.15, 0.2) is 72.9 Å². The fourth-order valence-electron chi connectivity index (χ4n) is 4.42. The van der Waals surface area contributed by atoms with Crippen LogP contribution in [0, 0.1) is 0 Å². The highest BCUT2D eigenvalue weighted by Crippen LogP contribution is 2.43. The first kappa shape index (κ1) is 48.4. The average Bonchev–Trinajstić information content (AvgIpc) is 3.12. The minimum atomic E-state index is -4.63. The standard InChI is InChI=1S/C40H67O10P/c1-3-5-7-9-11-13-15-16-17-18-19-20-22-23-25-27-29-31-39(43)47-35-38(36-49-51(45,46)48-34-37(42)33-41)50-40(44)32-30-28-26-24-21-14-12-10-8-6-4-2/h5,7,10-13,16-17,19-20,23,25,37-38,41-42H,3-4,6,8-9,14-15,18,21-22,24,26-36H2,1-2H3,(H,45,46)/b7-5+,12-10+,13-11+,17-16+,20-19+,25-23+/t37-,38+/m1/s1. The van der Waals surface area contributed by atoms with Crippen molar-refractivity contribution in [2.75, 3.05) is 26.4 Å². The molecule has 0 aromatic heterocycles. The fraction of sp³-hybridized carbons (Fsp3) is 0.650. The molecule has 51 heavy (non-hydrogen) atoms. The largest absolute Gasteiger partial charge is 0.472 e. The molecule has 0 aromatic rings. The maximum absolute atomic E-state index is 12.5. The van der Waals surface area contributed by atoms with Gasteiger partial charge in [-0.15, -0.1) is 0 Å². The predicted molar refractivity (Wildman–Crippen MR) is 205 cm³/mol. The zero-order valence-electron chi connectivity index (χ0n) is 31.3. The van der Waals surface area contributed by atoms with E-state index in [1.54, 1.807) is 0 Å². The highest BCUT2D eigenvalue weighted by molar-refractivity contribution is 7.47. The first-order chi connectivity index (χ1) is 24.7. The Bertz CT molecular complexity index is 1080.